The summed E-state index contributed by atoms with van der Waals surface area (Å²) in [5, 5.41) is 35.2. The number of amides is 1. The fourth-order valence-corrected chi connectivity index (χ4v) is 2.29. The molecule has 4 unspecified atom stereocenters. The van der Waals surface area contributed by atoms with Crippen LogP contribution in [0.1, 0.15) is 27.0 Å². The zero-order valence-corrected chi connectivity index (χ0v) is 14.4. The highest BCUT2D eigenvalue weighted by molar-refractivity contribution is 5.93. The Balaban J connectivity index is 2.31. The summed E-state index contributed by atoms with van der Waals surface area (Å²) in [5.41, 5.74) is 4.87. The van der Waals surface area contributed by atoms with Gasteiger partial charge in [0.15, 0.2) is 6.23 Å². The topological polar surface area (TPSA) is 183 Å². The SMILES string of the molecule is CC(C)(C)C(=O)Nc1ccn(C2OC(CO)(N=[N+]=[N-])C(O)C2O)c(=O)n1. The van der Waals surface area contributed by atoms with Gasteiger partial charge in [-0.15, -0.1) is 0 Å². The van der Waals surface area contributed by atoms with Crippen molar-refractivity contribution in [2.75, 3.05) is 11.9 Å². The van der Waals surface area contributed by atoms with Crippen LogP contribution in [0.15, 0.2) is 22.2 Å². The van der Waals surface area contributed by atoms with Crippen molar-refractivity contribution in [3.63, 3.8) is 0 Å². The summed E-state index contributed by atoms with van der Waals surface area (Å²) in [7, 11) is 0. The summed E-state index contributed by atoms with van der Waals surface area (Å²) < 4.78 is 6.12. The second kappa shape index (κ2) is 7.02. The Morgan fingerprint density at radius 1 is 1.54 bits per heavy atom. The fourth-order valence-electron chi connectivity index (χ4n) is 2.29. The molecule has 0 spiro atoms. The highest BCUT2D eigenvalue weighted by Gasteiger charge is 2.54. The van der Waals surface area contributed by atoms with Gasteiger partial charge in [0.05, 0.1) is 6.61 Å². The Bertz CT molecular complexity index is 798. The van der Waals surface area contributed by atoms with Gasteiger partial charge in [-0.3, -0.25) is 9.36 Å². The smallest absolute Gasteiger partial charge is 0.351 e. The summed E-state index contributed by atoms with van der Waals surface area (Å²) in [5.74, 6) is -0.347. The molecule has 1 fully saturated rings. The highest BCUT2D eigenvalue weighted by Crippen LogP contribution is 2.37. The zero-order valence-electron chi connectivity index (χ0n) is 14.4. The van der Waals surface area contributed by atoms with Crippen LogP contribution in [0.2, 0.25) is 0 Å². The third kappa shape index (κ3) is 3.54. The fraction of sp³-hybridized carbons (Fsp3) is 0.643. The molecule has 0 bridgehead atoms. The van der Waals surface area contributed by atoms with Crippen molar-refractivity contribution < 1.29 is 24.9 Å². The number of aliphatic hydroxyl groups excluding tert-OH is 3. The normalized spacial score (nSPS) is 28.5. The van der Waals surface area contributed by atoms with E-state index in [0.29, 0.717) is 0 Å². The van der Waals surface area contributed by atoms with Crippen molar-refractivity contribution >= 4 is 11.7 Å². The van der Waals surface area contributed by atoms with E-state index in [1.165, 1.54) is 12.3 Å². The number of carbonyl (C=O) groups excluding carboxylic acids is 1. The lowest BCUT2D eigenvalue weighted by Gasteiger charge is -2.23. The van der Waals surface area contributed by atoms with Gasteiger partial charge in [-0.1, -0.05) is 25.9 Å². The van der Waals surface area contributed by atoms with Gasteiger partial charge < -0.3 is 25.4 Å². The van der Waals surface area contributed by atoms with E-state index in [1.807, 2.05) is 0 Å². The lowest BCUT2D eigenvalue weighted by Crippen LogP contribution is -2.44. The maximum atomic E-state index is 12.2. The van der Waals surface area contributed by atoms with E-state index in [9.17, 15) is 24.9 Å². The van der Waals surface area contributed by atoms with Gasteiger partial charge in [-0.25, -0.2) is 4.79 Å². The molecular weight excluding hydrogens is 348 g/mol. The van der Waals surface area contributed by atoms with E-state index >= 15 is 0 Å². The van der Waals surface area contributed by atoms with E-state index < -0.39 is 41.9 Å². The maximum absolute atomic E-state index is 12.2. The quantitative estimate of drug-likeness (QED) is 0.313. The molecule has 4 N–H and O–H groups in total. The Labute approximate surface area is 147 Å². The van der Waals surface area contributed by atoms with Crippen molar-refractivity contribution in [1.82, 2.24) is 9.55 Å². The predicted octanol–water partition coefficient (Wildman–Crippen LogP) is -0.523. The molecule has 0 aliphatic carbocycles. The van der Waals surface area contributed by atoms with E-state index in [-0.39, 0.29) is 11.7 Å². The van der Waals surface area contributed by atoms with Crippen LogP contribution >= 0.6 is 0 Å². The molecule has 1 aliphatic heterocycles. The summed E-state index contributed by atoms with van der Waals surface area (Å²) in [6, 6.07) is 1.31. The number of nitrogens with one attached hydrogen (secondary N) is 1. The lowest BCUT2D eigenvalue weighted by molar-refractivity contribution is -0.125. The molecule has 1 aromatic rings. The molecule has 142 valence electrons. The molecule has 4 atom stereocenters. The Hall–Kier alpha value is -2.50. The zero-order chi connectivity index (χ0) is 19.7. The molecule has 0 saturated carbocycles. The monoisotopic (exact) mass is 368 g/mol. The van der Waals surface area contributed by atoms with Crippen molar-refractivity contribution in [3.05, 3.63) is 33.2 Å². The van der Waals surface area contributed by atoms with Crippen LogP contribution in [0.4, 0.5) is 5.82 Å². The number of aromatic nitrogens is 2. The first-order chi connectivity index (χ1) is 12.1. The van der Waals surface area contributed by atoms with Crippen LogP contribution in [-0.2, 0) is 9.53 Å². The van der Waals surface area contributed by atoms with Crippen molar-refractivity contribution in [2.45, 2.75) is 44.9 Å². The standard InChI is InChI=1S/C14H20N6O6/c1-13(2,3)11(24)16-7-4-5-20(12(25)17-7)10-8(22)9(23)14(6-21,26-10)18-19-15/h4-5,8-10,21-23H,6H2,1-3H3,(H,16,17,24,25). The molecule has 0 aromatic carbocycles. The summed E-state index contributed by atoms with van der Waals surface area (Å²) in [6.07, 6.45) is -3.68. The first-order valence-corrected chi connectivity index (χ1v) is 7.67. The molecule has 26 heavy (non-hydrogen) atoms. The van der Waals surface area contributed by atoms with E-state index in [2.05, 4.69) is 20.3 Å². The molecular formula is C14H20N6O6. The van der Waals surface area contributed by atoms with E-state index in [0.717, 1.165) is 4.57 Å². The van der Waals surface area contributed by atoms with Crippen molar-refractivity contribution in [1.29, 1.82) is 0 Å². The van der Waals surface area contributed by atoms with Crippen LogP contribution in [0, 0.1) is 5.41 Å². The summed E-state index contributed by atoms with van der Waals surface area (Å²) in [4.78, 5) is 30.3. The van der Waals surface area contributed by atoms with E-state index in [4.69, 9.17) is 10.3 Å². The molecule has 1 aliphatic rings. The predicted molar refractivity (Wildman–Crippen MR) is 87.7 cm³/mol. The summed E-state index contributed by atoms with van der Waals surface area (Å²) >= 11 is 0. The van der Waals surface area contributed by atoms with Crippen LogP contribution in [-0.4, -0.2) is 55.3 Å². The summed E-state index contributed by atoms with van der Waals surface area (Å²) in [6.45, 7) is 4.17. The van der Waals surface area contributed by atoms with Crippen LogP contribution < -0.4 is 11.0 Å². The number of hydrogen-bond donors (Lipinski definition) is 4. The van der Waals surface area contributed by atoms with Crippen LogP contribution in [0.25, 0.3) is 10.4 Å². The molecule has 1 saturated heterocycles. The Morgan fingerprint density at radius 3 is 2.69 bits per heavy atom. The third-order valence-electron chi connectivity index (χ3n) is 3.87. The second-order valence-electron chi connectivity index (χ2n) is 6.84. The minimum atomic E-state index is -2.13. The van der Waals surface area contributed by atoms with Gasteiger partial charge in [-0.2, -0.15) is 4.98 Å². The van der Waals surface area contributed by atoms with Gasteiger partial charge in [0.1, 0.15) is 18.0 Å². The third-order valence-corrected chi connectivity index (χ3v) is 3.87. The van der Waals surface area contributed by atoms with Crippen LogP contribution in [0.3, 0.4) is 0 Å². The number of hydrogen-bond acceptors (Lipinski definition) is 8. The largest absolute Gasteiger partial charge is 0.393 e. The molecule has 1 amide bonds. The maximum Gasteiger partial charge on any atom is 0.351 e. The van der Waals surface area contributed by atoms with Crippen LogP contribution in [0.5, 0.6) is 0 Å². The minimum absolute atomic E-state index is 0.00248. The van der Waals surface area contributed by atoms with Gasteiger partial charge >= 0.3 is 5.69 Å². The first kappa shape index (κ1) is 19.8. The number of aliphatic hydroxyl groups is 3. The van der Waals surface area contributed by atoms with E-state index in [1.54, 1.807) is 20.8 Å². The van der Waals surface area contributed by atoms with Crippen molar-refractivity contribution in [2.24, 2.45) is 10.5 Å². The number of anilines is 1. The number of ether oxygens (including phenoxy) is 1. The number of azide groups is 1. The lowest BCUT2D eigenvalue weighted by atomic mass is 9.96. The second-order valence-corrected chi connectivity index (χ2v) is 6.84. The molecule has 1 aromatic heterocycles. The molecule has 0 radical (unpaired) electrons. The average Bonchev–Trinajstić information content (AvgIpc) is 2.80. The van der Waals surface area contributed by atoms with Crippen molar-refractivity contribution in [3.8, 4) is 0 Å². The molecule has 2 heterocycles. The minimum Gasteiger partial charge on any atom is -0.393 e. The molecule has 2 rings (SSSR count). The highest BCUT2D eigenvalue weighted by atomic mass is 16.6. The molecule has 12 heteroatoms. The number of carbonyl (C=O) groups is 1. The Morgan fingerprint density at radius 2 is 2.19 bits per heavy atom. The number of nitrogens with zero attached hydrogens (tertiary/aromatic N) is 5. The first-order valence-electron chi connectivity index (χ1n) is 7.67. The molecule has 12 nitrogen and oxygen atoms in total. The van der Waals surface area contributed by atoms with Gasteiger partial charge in [0.2, 0.25) is 11.6 Å². The van der Waals surface area contributed by atoms with Gasteiger partial charge in [0, 0.05) is 16.5 Å². The Kier molecular flexibility index (Phi) is 5.35. The average molecular weight is 368 g/mol. The van der Waals surface area contributed by atoms with Gasteiger partial charge in [-0.05, 0) is 11.6 Å². The van der Waals surface area contributed by atoms with Gasteiger partial charge in [0.25, 0.3) is 0 Å². The number of rotatable bonds is 4.